The molecule has 0 heterocycles. The number of rotatable bonds is 5. The van der Waals surface area contributed by atoms with Crippen LogP contribution < -0.4 is 5.73 Å². The Morgan fingerprint density at radius 1 is 1.19 bits per heavy atom. The van der Waals surface area contributed by atoms with E-state index in [4.69, 9.17) is 17.3 Å². The first-order valence-corrected chi connectivity index (χ1v) is 5.74. The molecule has 1 rings (SSSR count). The number of halogens is 1. The van der Waals surface area contributed by atoms with Crippen molar-refractivity contribution < 1.29 is 0 Å². The molecule has 3 nitrogen and oxygen atoms in total. The standard InChI is InChI=1S/C12H20ClN3/c1-15(2)6-7-16(3)9-10-4-5-11(13)12(14)8-10/h4-5,8H,6-7,9,14H2,1-3H3. The normalized spacial score (nSPS) is 11.4. The number of nitrogens with zero attached hydrogens (tertiary/aromatic N) is 2. The maximum absolute atomic E-state index is 5.87. The first-order valence-electron chi connectivity index (χ1n) is 5.36. The Bertz CT molecular complexity index is 339. The van der Waals surface area contributed by atoms with Crippen LogP contribution in [0.15, 0.2) is 18.2 Å². The largest absolute Gasteiger partial charge is 0.398 e. The molecule has 0 spiro atoms. The zero-order valence-electron chi connectivity index (χ0n) is 10.2. The van der Waals surface area contributed by atoms with E-state index in [9.17, 15) is 0 Å². The Balaban J connectivity index is 2.49. The summed E-state index contributed by atoms with van der Waals surface area (Å²) in [7, 11) is 6.26. The molecular formula is C12H20ClN3. The van der Waals surface area contributed by atoms with Gasteiger partial charge in [0.05, 0.1) is 10.7 Å². The van der Waals surface area contributed by atoms with Gasteiger partial charge in [0.25, 0.3) is 0 Å². The molecule has 0 fully saturated rings. The molecule has 0 aliphatic heterocycles. The number of likely N-dealkylation sites (N-methyl/N-ethyl adjacent to an activating group) is 2. The van der Waals surface area contributed by atoms with Crippen LogP contribution in [0, 0.1) is 0 Å². The van der Waals surface area contributed by atoms with E-state index in [0.29, 0.717) is 10.7 Å². The van der Waals surface area contributed by atoms with Crippen LogP contribution in [-0.4, -0.2) is 44.0 Å². The number of benzene rings is 1. The Hall–Kier alpha value is -0.770. The molecule has 0 saturated heterocycles. The molecule has 1 aromatic rings. The fraction of sp³-hybridized carbons (Fsp3) is 0.500. The fourth-order valence-electron chi connectivity index (χ4n) is 1.45. The topological polar surface area (TPSA) is 32.5 Å². The first-order chi connectivity index (χ1) is 7.49. The van der Waals surface area contributed by atoms with Gasteiger partial charge in [-0.3, -0.25) is 0 Å². The van der Waals surface area contributed by atoms with Gasteiger partial charge in [-0.05, 0) is 38.8 Å². The minimum Gasteiger partial charge on any atom is -0.398 e. The van der Waals surface area contributed by atoms with Crippen LogP contribution in [0.5, 0.6) is 0 Å². The average molecular weight is 242 g/mol. The van der Waals surface area contributed by atoms with Gasteiger partial charge in [0.1, 0.15) is 0 Å². The third-order valence-corrected chi connectivity index (χ3v) is 2.79. The second kappa shape index (κ2) is 6.09. The van der Waals surface area contributed by atoms with Crippen LogP contribution in [0.2, 0.25) is 5.02 Å². The summed E-state index contributed by atoms with van der Waals surface area (Å²) in [6.07, 6.45) is 0. The highest BCUT2D eigenvalue weighted by Crippen LogP contribution is 2.19. The molecule has 90 valence electrons. The van der Waals surface area contributed by atoms with Crippen LogP contribution in [0.1, 0.15) is 5.56 Å². The van der Waals surface area contributed by atoms with Crippen LogP contribution in [0.3, 0.4) is 0 Å². The van der Waals surface area contributed by atoms with Gasteiger partial charge in [0, 0.05) is 19.6 Å². The summed E-state index contributed by atoms with van der Waals surface area (Å²) in [5.41, 5.74) is 7.61. The van der Waals surface area contributed by atoms with Crippen LogP contribution in [-0.2, 0) is 6.54 Å². The highest BCUT2D eigenvalue weighted by molar-refractivity contribution is 6.33. The lowest BCUT2D eigenvalue weighted by Gasteiger charge is -2.19. The molecule has 0 bridgehead atoms. The van der Waals surface area contributed by atoms with Crippen LogP contribution in [0.25, 0.3) is 0 Å². The van der Waals surface area contributed by atoms with Crippen molar-refractivity contribution in [1.82, 2.24) is 9.80 Å². The molecule has 0 aromatic heterocycles. The highest BCUT2D eigenvalue weighted by Gasteiger charge is 2.03. The highest BCUT2D eigenvalue weighted by atomic mass is 35.5. The second-order valence-electron chi connectivity index (χ2n) is 4.40. The first kappa shape index (κ1) is 13.3. The summed E-state index contributed by atoms with van der Waals surface area (Å²) in [5, 5.41) is 0.625. The van der Waals surface area contributed by atoms with Gasteiger partial charge in [-0.25, -0.2) is 0 Å². The van der Waals surface area contributed by atoms with E-state index in [1.807, 2.05) is 18.2 Å². The molecule has 0 aliphatic carbocycles. The Morgan fingerprint density at radius 3 is 2.44 bits per heavy atom. The van der Waals surface area contributed by atoms with Crippen molar-refractivity contribution in [3.05, 3.63) is 28.8 Å². The van der Waals surface area contributed by atoms with Crippen LogP contribution >= 0.6 is 11.6 Å². The van der Waals surface area contributed by atoms with E-state index in [0.717, 1.165) is 19.6 Å². The quantitative estimate of drug-likeness (QED) is 0.800. The third-order valence-electron chi connectivity index (χ3n) is 2.44. The van der Waals surface area contributed by atoms with Crippen molar-refractivity contribution in [2.24, 2.45) is 0 Å². The van der Waals surface area contributed by atoms with Crippen molar-refractivity contribution in [1.29, 1.82) is 0 Å². The van der Waals surface area contributed by atoms with Gasteiger partial charge >= 0.3 is 0 Å². The Kier molecular flexibility index (Phi) is 5.06. The summed E-state index contributed by atoms with van der Waals surface area (Å²) in [6, 6.07) is 5.81. The predicted octanol–water partition coefficient (Wildman–Crippen LogP) is 1.92. The van der Waals surface area contributed by atoms with Gasteiger partial charge in [0.2, 0.25) is 0 Å². The molecule has 0 amide bonds. The van der Waals surface area contributed by atoms with E-state index in [-0.39, 0.29) is 0 Å². The third kappa shape index (κ3) is 4.39. The lowest BCUT2D eigenvalue weighted by atomic mass is 10.2. The molecule has 0 radical (unpaired) electrons. The molecule has 0 saturated carbocycles. The summed E-state index contributed by atoms with van der Waals surface area (Å²) in [4.78, 5) is 4.44. The average Bonchev–Trinajstić information content (AvgIpc) is 2.21. The SMILES string of the molecule is CN(C)CCN(C)Cc1ccc(Cl)c(N)c1. The molecule has 16 heavy (non-hydrogen) atoms. The Labute approximate surface area is 103 Å². The number of hydrogen-bond acceptors (Lipinski definition) is 3. The van der Waals surface area contributed by atoms with Gasteiger partial charge in [-0.15, -0.1) is 0 Å². The second-order valence-corrected chi connectivity index (χ2v) is 4.80. The van der Waals surface area contributed by atoms with Crippen LogP contribution in [0.4, 0.5) is 5.69 Å². The minimum atomic E-state index is 0.625. The fourth-order valence-corrected chi connectivity index (χ4v) is 1.57. The van der Waals surface area contributed by atoms with E-state index in [1.54, 1.807) is 0 Å². The van der Waals surface area contributed by atoms with Gasteiger partial charge < -0.3 is 15.5 Å². The lowest BCUT2D eigenvalue weighted by Crippen LogP contribution is -2.28. The molecule has 0 aliphatic rings. The maximum Gasteiger partial charge on any atom is 0.0635 e. The predicted molar refractivity (Wildman–Crippen MR) is 70.8 cm³/mol. The summed E-state index contributed by atoms with van der Waals surface area (Å²) >= 11 is 5.87. The monoisotopic (exact) mass is 241 g/mol. The van der Waals surface area contributed by atoms with Gasteiger partial charge in [0.15, 0.2) is 0 Å². The minimum absolute atomic E-state index is 0.625. The van der Waals surface area contributed by atoms with Gasteiger partial charge in [-0.1, -0.05) is 17.7 Å². The lowest BCUT2D eigenvalue weighted by molar-refractivity contribution is 0.276. The van der Waals surface area contributed by atoms with Crippen molar-refractivity contribution in [3.63, 3.8) is 0 Å². The van der Waals surface area contributed by atoms with Crippen molar-refractivity contribution in [2.75, 3.05) is 40.0 Å². The van der Waals surface area contributed by atoms with Crippen molar-refractivity contribution in [3.8, 4) is 0 Å². The number of hydrogen-bond donors (Lipinski definition) is 1. The zero-order valence-corrected chi connectivity index (χ0v) is 11.0. The van der Waals surface area contributed by atoms with E-state index < -0.39 is 0 Å². The molecule has 0 unspecified atom stereocenters. The summed E-state index contributed by atoms with van der Waals surface area (Å²) in [5.74, 6) is 0. The maximum atomic E-state index is 5.87. The van der Waals surface area contributed by atoms with Gasteiger partial charge in [-0.2, -0.15) is 0 Å². The van der Waals surface area contributed by atoms with E-state index in [2.05, 4.69) is 30.9 Å². The van der Waals surface area contributed by atoms with Crippen molar-refractivity contribution >= 4 is 17.3 Å². The molecular weight excluding hydrogens is 222 g/mol. The van der Waals surface area contributed by atoms with Crippen molar-refractivity contribution in [2.45, 2.75) is 6.54 Å². The zero-order chi connectivity index (χ0) is 12.1. The number of anilines is 1. The molecule has 2 N–H and O–H groups in total. The summed E-state index contributed by atoms with van der Waals surface area (Å²) in [6.45, 7) is 2.99. The number of nitrogens with two attached hydrogens (primary N) is 1. The smallest absolute Gasteiger partial charge is 0.0635 e. The van der Waals surface area contributed by atoms with E-state index >= 15 is 0 Å². The Morgan fingerprint density at radius 2 is 1.88 bits per heavy atom. The summed E-state index contributed by atoms with van der Waals surface area (Å²) < 4.78 is 0. The molecule has 4 heteroatoms. The number of nitrogen functional groups attached to an aromatic ring is 1. The molecule has 0 atom stereocenters. The molecule has 1 aromatic carbocycles. The van der Waals surface area contributed by atoms with E-state index in [1.165, 1.54) is 5.56 Å².